The smallest absolute Gasteiger partial charge is 0.340 e. The molecule has 1 saturated carbocycles. The van der Waals surface area contributed by atoms with Crippen LogP contribution >= 0.6 is 23.2 Å². The number of rotatable bonds is 9. The van der Waals surface area contributed by atoms with E-state index in [4.69, 9.17) is 27.9 Å². The van der Waals surface area contributed by atoms with E-state index < -0.39 is 17.5 Å². The van der Waals surface area contributed by atoms with Crippen LogP contribution in [0.2, 0.25) is 10.0 Å². The van der Waals surface area contributed by atoms with Crippen LogP contribution in [0.1, 0.15) is 65.2 Å². The van der Waals surface area contributed by atoms with Gasteiger partial charge in [0.15, 0.2) is 5.67 Å². The summed E-state index contributed by atoms with van der Waals surface area (Å²) in [4.78, 5) is 13.9. The zero-order valence-corrected chi connectivity index (χ0v) is 20.2. The van der Waals surface area contributed by atoms with E-state index in [2.05, 4.69) is 4.74 Å². The second-order valence-corrected chi connectivity index (χ2v) is 9.85. The molecule has 2 aromatic rings. The summed E-state index contributed by atoms with van der Waals surface area (Å²) in [6.45, 7) is 2.53. The van der Waals surface area contributed by atoms with Crippen LogP contribution in [0.5, 0.6) is 0 Å². The molecule has 1 saturated heterocycles. The van der Waals surface area contributed by atoms with Crippen molar-refractivity contribution < 1.29 is 23.0 Å². The Morgan fingerprint density at radius 1 is 1.18 bits per heavy atom. The Bertz CT molecular complexity index is 1020. The Labute approximate surface area is 202 Å². The number of nitrogens with zero attached hydrogens (tertiary/aromatic N) is 1. The maximum atomic E-state index is 15.2. The number of carbonyl (C=O) groups is 1. The topological polar surface area (TPSA) is 38.8 Å². The quantitative estimate of drug-likeness (QED) is 0.371. The number of likely N-dealkylation sites (tertiary alicyclic amines) is 1. The second kappa shape index (κ2) is 9.87. The van der Waals surface area contributed by atoms with Gasteiger partial charge >= 0.3 is 5.97 Å². The molecule has 1 heterocycles. The summed E-state index contributed by atoms with van der Waals surface area (Å²) in [5.41, 5.74) is 0.950. The molecule has 1 unspecified atom stereocenters. The van der Waals surface area contributed by atoms with E-state index in [0.29, 0.717) is 15.6 Å². The minimum absolute atomic E-state index is 0.0199. The zero-order chi connectivity index (χ0) is 23.8. The first kappa shape index (κ1) is 24.4. The summed E-state index contributed by atoms with van der Waals surface area (Å²) in [5, 5.41) is 1.12. The number of alkyl halides is 1. The Morgan fingerprint density at radius 2 is 1.85 bits per heavy atom. The van der Waals surface area contributed by atoms with Gasteiger partial charge in [0, 0.05) is 29.2 Å². The molecule has 0 bridgehead atoms. The van der Waals surface area contributed by atoms with Crippen LogP contribution in [0, 0.1) is 5.82 Å². The molecule has 0 amide bonds. The van der Waals surface area contributed by atoms with Crippen molar-refractivity contribution in [2.75, 3.05) is 26.8 Å². The van der Waals surface area contributed by atoms with Gasteiger partial charge in [-0.3, -0.25) is 4.90 Å². The average molecular weight is 498 g/mol. The fourth-order valence-corrected chi connectivity index (χ4v) is 5.15. The first-order valence-corrected chi connectivity index (χ1v) is 11.9. The molecule has 2 fully saturated rings. The highest BCUT2D eigenvalue weighted by atomic mass is 35.5. The first-order valence-electron chi connectivity index (χ1n) is 11.1. The fraction of sp³-hybridized carbons (Fsp3) is 0.480. The van der Waals surface area contributed by atoms with Crippen molar-refractivity contribution in [1.29, 1.82) is 0 Å². The molecule has 8 heteroatoms. The molecule has 1 atom stereocenters. The molecular formula is C25H27Cl2F2NO3. The molecule has 2 aromatic carbocycles. The molecule has 0 spiro atoms. The summed E-state index contributed by atoms with van der Waals surface area (Å²) in [6.07, 6.45) is 2.75. The molecule has 4 rings (SSSR count). The highest BCUT2D eigenvalue weighted by molar-refractivity contribution is 6.34. The van der Waals surface area contributed by atoms with Crippen LogP contribution in [0.25, 0.3) is 0 Å². The molecule has 178 valence electrons. The van der Waals surface area contributed by atoms with Crippen molar-refractivity contribution in [3.63, 3.8) is 0 Å². The van der Waals surface area contributed by atoms with Crippen molar-refractivity contribution in [3.05, 3.63) is 68.4 Å². The SMILES string of the molecule is CCC(c1cc(Cl)cc(Cl)c1)N1CC(F)(COCc2cc(F)c(C(=O)OC)cc2C2CC2)C1. The predicted molar refractivity (Wildman–Crippen MR) is 124 cm³/mol. The Hall–Kier alpha value is -1.73. The number of hydrogen-bond donors (Lipinski definition) is 0. The van der Waals surface area contributed by atoms with Crippen LogP contribution in [0.15, 0.2) is 30.3 Å². The Morgan fingerprint density at radius 3 is 2.42 bits per heavy atom. The molecule has 33 heavy (non-hydrogen) atoms. The van der Waals surface area contributed by atoms with Gasteiger partial charge in [-0.1, -0.05) is 30.1 Å². The van der Waals surface area contributed by atoms with E-state index in [9.17, 15) is 9.18 Å². The van der Waals surface area contributed by atoms with Gasteiger partial charge in [-0.2, -0.15) is 0 Å². The number of carbonyl (C=O) groups excluding carboxylic acids is 1. The number of halogens is 4. The zero-order valence-electron chi connectivity index (χ0n) is 18.7. The average Bonchev–Trinajstić information content (AvgIpc) is 3.57. The number of benzene rings is 2. The third-order valence-corrected chi connectivity index (χ3v) is 6.78. The third kappa shape index (κ3) is 5.51. The standard InChI is InChI=1S/C25H27Cl2F2NO3/c1-3-23(16-6-18(26)9-19(27)7-16)30-12-25(29,13-30)14-33-11-17-8-22(28)21(24(31)32-2)10-20(17)15-4-5-15/h6-10,15,23H,3-5,11-14H2,1-2H3. The highest BCUT2D eigenvalue weighted by Gasteiger charge is 2.46. The lowest BCUT2D eigenvalue weighted by Gasteiger charge is -2.48. The molecule has 1 aliphatic heterocycles. The van der Waals surface area contributed by atoms with Gasteiger partial charge in [0.2, 0.25) is 0 Å². The first-order chi connectivity index (χ1) is 15.7. The summed E-state index contributed by atoms with van der Waals surface area (Å²) < 4.78 is 40.0. The van der Waals surface area contributed by atoms with Crippen LogP contribution < -0.4 is 0 Å². The molecule has 2 aliphatic rings. The summed E-state index contributed by atoms with van der Waals surface area (Å²) in [6, 6.07) is 8.29. The van der Waals surface area contributed by atoms with Crippen LogP contribution in [0.4, 0.5) is 8.78 Å². The summed E-state index contributed by atoms with van der Waals surface area (Å²) >= 11 is 12.3. The van der Waals surface area contributed by atoms with Crippen molar-refractivity contribution in [1.82, 2.24) is 4.90 Å². The minimum Gasteiger partial charge on any atom is -0.465 e. The van der Waals surface area contributed by atoms with Gasteiger partial charge < -0.3 is 9.47 Å². The van der Waals surface area contributed by atoms with Gasteiger partial charge in [0.1, 0.15) is 5.82 Å². The number of methoxy groups -OCH3 is 1. The van der Waals surface area contributed by atoms with Crippen molar-refractivity contribution >= 4 is 29.2 Å². The molecular weight excluding hydrogens is 471 g/mol. The van der Waals surface area contributed by atoms with Crippen molar-refractivity contribution in [2.24, 2.45) is 0 Å². The normalized spacial score (nSPS) is 18.6. The maximum Gasteiger partial charge on any atom is 0.340 e. The Kier molecular flexibility index (Phi) is 7.29. The van der Waals surface area contributed by atoms with Gasteiger partial charge in [-0.05, 0) is 72.2 Å². The molecule has 1 aliphatic carbocycles. The predicted octanol–water partition coefficient (Wildman–Crippen LogP) is 6.49. The minimum atomic E-state index is -1.47. The van der Waals surface area contributed by atoms with E-state index in [0.717, 1.165) is 30.4 Å². The van der Waals surface area contributed by atoms with E-state index in [1.165, 1.54) is 13.2 Å². The largest absolute Gasteiger partial charge is 0.465 e. The van der Waals surface area contributed by atoms with Gasteiger partial charge in [0.25, 0.3) is 0 Å². The van der Waals surface area contributed by atoms with Crippen LogP contribution in [0.3, 0.4) is 0 Å². The van der Waals surface area contributed by atoms with Gasteiger partial charge in [-0.15, -0.1) is 0 Å². The van der Waals surface area contributed by atoms with E-state index >= 15 is 4.39 Å². The molecule has 4 nitrogen and oxygen atoms in total. The molecule has 0 radical (unpaired) electrons. The number of esters is 1. The van der Waals surface area contributed by atoms with E-state index in [-0.39, 0.29) is 43.8 Å². The lowest BCUT2D eigenvalue weighted by atomic mass is 9.91. The third-order valence-electron chi connectivity index (χ3n) is 6.34. The van der Waals surface area contributed by atoms with E-state index in [1.54, 1.807) is 12.1 Å². The number of ether oxygens (including phenoxy) is 2. The van der Waals surface area contributed by atoms with Crippen molar-refractivity contribution in [3.8, 4) is 0 Å². The van der Waals surface area contributed by atoms with Gasteiger partial charge in [-0.25, -0.2) is 13.6 Å². The lowest BCUT2D eigenvalue weighted by Crippen LogP contribution is -2.62. The second-order valence-electron chi connectivity index (χ2n) is 8.97. The molecule has 0 aromatic heterocycles. The van der Waals surface area contributed by atoms with Gasteiger partial charge in [0.05, 0.1) is 25.9 Å². The van der Waals surface area contributed by atoms with Crippen LogP contribution in [-0.2, 0) is 16.1 Å². The fourth-order valence-electron chi connectivity index (χ4n) is 4.61. The molecule has 0 N–H and O–H groups in total. The van der Waals surface area contributed by atoms with Crippen molar-refractivity contribution in [2.45, 2.75) is 50.4 Å². The summed E-state index contributed by atoms with van der Waals surface area (Å²) in [5.74, 6) is -1.08. The maximum absolute atomic E-state index is 15.2. The monoisotopic (exact) mass is 497 g/mol. The lowest BCUT2D eigenvalue weighted by molar-refractivity contribution is -0.107. The van der Waals surface area contributed by atoms with Crippen LogP contribution in [-0.4, -0.2) is 43.3 Å². The number of hydrogen-bond acceptors (Lipinski definition) is 4. The summed E-state index contributed by atoms with van der Waals surface area (Å²) in [7, 11) is 1.22. The van der Waals surface area contributed by atoms with E-state index in [1.807, 2.05) is 24.0 Å². The Balaban J connectivity index is 1.37. The highest BCUT2D eigenvalue weighted by Crippen LogP contribution is 2.43.